The number of aromatic nitrogens is 2. The van der Waals surface area contributed by atoms with Crippen molar-refractivity contribution in [3.05, 3.63) is 48.0 Å². The normalized spacial score (nSPS) is 21.4. The molecule has 0 bridgehead atoms. The first-order chi connectivity index (χ1) is 14.5. The van der Waals surface area contributed by atoms with E-state index in [2.05, 4.69) is 4.98 Å². The van der Waals surface area contributed by atoms with E-state index in [4.69, 9.17) is 0 Å². The van der Waals surface area contributed by atoms with E-state index in [-0.39, 0.29) is 16.8 Å². The Balaban J connectivity index is 1.63. The fourth-order valence-corrected chi connectivity index (χ4v) is 6.16. The summed E-state index contributed by atoms with van der Waals surface area (Å²) in [4.78, 5) is 19.8. The number of hydrogen-bond acceptors (Lipinski definition) is 4. The van der Waals surface area contributed by atoms with Gasteiger partial charge >= 0.3 is 0 Å². The zero-order chi connectivity index (χ0) is 21.1. The van der Waals surface area contributed by atoms with Crippen LogP contribution in [0.1, 0.15) is 67.0 Å². The van der Waals surface area contributed by atoms with Crippen molar-refractivity contribution in [2.45, 2.75) is 55.9 Å². The van der Waals surface area contributed by atoms with Crippen molar-refractivity contribution in [3.63, 3.8) is 0 Å². The van der Waals surface area contributed by atoms with Crippen molar-refractivity contribution in [1.29, 1.82) is 0 Å². The van der Waals surface area contributed by atoms with Crippen molar-refractivity contribution >= 4 is 15.9 Å². The summed E-state index contributed by atoms with van der Waals surface area (Å²) in [5.41, 5.74) is 1.50. The SMILES string of the molecule is Cn1cc(S(=O)(=O)N2CCCCC2)cc1C(=O)N1CCCCCC1c1ccncc1. The topological polar surface area (TPSA) is 75.5 Å². The van der Waals surface area contributed by atoms with Crippen LogP contribution in [0.15, 0.2) is 41.7 Å². The summed E-state index contributed by atoms with van der Waals surface area (Å²) in [7, 11) is -1.82. The van der Waals surface area contributed by atoms with Crippen LogP contribution in [0.5, 0.6) is 0 Å². The molecule has 0 aromatic carbocycles. The van der Waals surface area contributed by atoms with Crippen molar-refractivity contribution in [2.75, 3.05) is 19.6 Å². The highest BCUT2D eigenvalue weighted by molar-refractivity contribution is 7.89. The Kier molecular flexibility index (Phi) is 6.24. The van der Waals surface area contributed by atoms with Crippen molar-refractivity contribution in [1.82, 2.24) is 18.8 Å². The molecule has 1 unspecified atom stereocenters. The van der Waals surface area contributed by atoms with Crippen LogP contribution in [-0.2, 0) is 17.1 Å². The summed E-state index contributed by atoms with van der Waals surface area (Å²) in [6.45, 7) is 1.78. The molecule has 4 rings (SSSR count). The summed E-state index contributed by atoms with van der Waals surface area (Å²) < 4.78 is 29.4. The molecule has 8 heteroatoms. The predicted octanol–water partition coefficient (Wildman–Crippen LogP) is 3.35. The fourth-order valence-electron chi connectivity index (χ4n) is 4.57. The van der Waals surface area contributed by atoms with E-state index in [0.29, 0.717) is 25.3 Å². The second kappa shape index (κ2) is 8.89. The molecule has 0 aliphatic carbocycles. The molecule has 0 radical (unpaired) electrons. The van der Waals surface area contributed by atoms with Gasteiger partial charge in [0.15, 0.2) is 0 Å². The van der Waals surface area contributed by atoms with Gasteiger partial charge in [-0.1, -0.05) is 19.3 Å². The van der Waals surface area contributed by atoms with Gasteiger partial charge in [-0.25, -0.2) is 8.42 Å². The molecular weight excluding hydrogens is 400 g/mol. The van der Waals surface area contributed by atoms with Crippen molar-refractivity contribution in [3.8, 4) is 0 Å². The molecule has 1 atom stereocenters. The smallest absolute Gasteiger partial charge is 0.271 e. The number of hydrogen-bond donors (Lipinski definition) is 0. The van der Waals surface area contributed by atoms with Crippen molar-refractivity contribution < 1.29 is 13.2 Å². The van der Waals surface area contributed by atoms with Gasteiger partial charge in [0.2, 0.25) is 10.0 Å². The minimum Gasteiger partial charge on any atom is -0.345 e. The first-order valence-electron chi connectivity index (χ1n) is 10.9. The first kappa shape index (κ1) is 21.1. The van der Waals surface area contributed by atoms with E-state index in [0.717, 1.165) is 50.5 Å². The summed E-state index contributed by atoms with van der Waals surface area (Å²) in [6.07, 6.45) is 12.0. The maximum atomic E-state index is 13.6. The monoisotopic (exact) mass is 430 g/mol. The van der Waals surface area contributed by atoms with Crippen LogP contribution in [0.4, 0.5) is 0 Å². The van der Waals surface area contributed by atoms with Gasteiger partial charge in [-0.2, -0.15) is 4.31 Å². The second-order valence-corrected chi connectivity index (χ2v) is 10.2. The maximum absolute atomic E-state index is 13.6. The minimum atomic E-state index is -3.57. The van der Waals surface area contributed by atoms with Crippen LogP contribution in [0.2, 0.25) is 0 Å². The zero-order valence-electron chi connectivity index (χ0n) is 17.5. The van der Waals surface area contributed by atoms with Gasteiger partial charge in [0.25, 0.3) is 5.91 Å². The predicted molar refractivity (Wildman–Crippen MR) is 115 cm³/mol. The van der Waals surface area contributed by atoms with Crippen molar-refractivity contribution in [2.24, 2.45) is 7.05 Å². The molecule has 2 aromatic heterocycles. The van der Waals surface area contributed by atoms with Crippen LogP contribution in [-0.4, -0.2) is 52.7 Å². The van der Waals surface area contributed by atoms with E-state index < -0.39 is 10.0 Å². The number of amides is 1. The molecule has 2 saturated heterocycles. The Morgan fingerprint density at radius 2 is 1.67 bits per heavy atom. The fraction of sp³-hybridized carbons (Fsp3) is 0.545. The quantitative estimate of drug-likeness (QED) is 0.745. The lowest BCUT2D eigenvalue weighted by Gasteiger charge is -2.30. The number of aryl methyl sites for hydroxylation is 1. The standard InChI is InChI=1S/C22H30N4O3S/c1-24-17-19(30(28,29)25-13-5-3-6-14-25)16-21(24)22(27)26-15-7-2-4-8-20(26)18-9-11-23-12-10-18/h9-12,16-17,20H,2-8,13-15H2,1H3. The Morgan fingerprint density at radius 1 is 1.00 bits per heavy atom. The zero-order valence-corrected chi connectivity index (χ0v) is 18.4. The van der Waals surface area contributed by atoms with Gasteiger partial charge in [0, 0.05) is 45.3 Å². The third-order valence-corrected chi connectivity index (χ3v) is 8.12. The molecule has 2 aromatic rings. The van der Waals surface area contributed by atoms with E-state index in [1.54, 1.807) is 40.6 Å². The number of carbonyl (C=O) groups excluding carboxylic acids is 1. The number of nitrogens with zero attached hydrogens (tertiary/aromatic N) is 4. The lowest BCUT2D eigenvalue weighted by Crippen LogP contribution is -2.36. The Labute approximate surface area is 178 Å². The lowest BCUT2D eigenvalue weighted by molar-refractivity contribution is 0.0671. The maximum Gasteiger partial charge on any atom is 0.271 e. The first-order valence-corrected chi connectivity index (χ1v) is 12.3. The van der Waals surface area contributed by atoms with Crippen LogP contribution >= 0.6 is 0 Å². The molecule has 0 saturated carbocycles. The molecule has 2 aliphatic rings. The second-order valence-electron chi connectivity index (χ2n) is 8.28. The molecule has 2 fully saturated rings. The highest BCUT2D eigenvalue weighted by atomic mass is 32.2. The molecule has 2 aliphatic heterocycles. The summed E-state index contributed by atoms with van der Waals surface area (Å²) in [5.74, 6) is -0.110. The molecule has 30 heavy (non-hydrogen) atoms. The summed E-state index contributed by atoms with van der Waals surface area (Å²) >= 11 is 0. The number of rotatable bonds is 4. The minimum absolute atomic E-state index is 0.0138. The van der Waals surface area contributed by atoms with Gasteiger partial charge in [-0.05, 0) is 49.4 Å². The van der Waals surface area contributed by atoms with Gasteiger partial charge in [0.1, 0.15) is 10.6 Å². The van der Waals surface area contributed by atoms with E-state index in [1.165, 1.54) is 0 Å². The highest BCUT2D eigenvalue weighted by Gasteiger charge is 2.32. The van der Waals surface area contributed by atoms with Crippen LogP contribution in [0.25, 0.3) is 0 Å². The van der Waals surface area contributed by atoms with Crippen LogP contribution in [0, 0.1) is 0 Å². The Morgan fingerprint density at radius 3 is 2.40 bits per heavy atom. The largest absolute Gasteiger partial charge is 0.345 e. The van der Waals surface area contributed by atoms with Gasteiger partial charge in [-0.15, -0.1) is 0 Å². The molecule has 4 heterocycles. The summed E-state index contributed by atoms with van der Waals surface area (Å²) in [6, 6.07) is 5.47. The van der Waals surface area contributed by atoms with E-state index >= 15 is 0 Å². The average molecular weight is 431 g/mol. The molecule has 1 amide bonds. The van der Waals surface area contributed by atoms with Crippen LogP contribution in [0.3, 0.4) is 0 Å². The molecule has 7 nitrogen and oxygen atoms in total. The van der Waals surface area contributed by atoms with Gasteiger partial charge < -0.3 is 9.47 Å². The number of carbonyl (C=O) groups is 1. The number of piperidine rings is 1. The number of pyridine rings is 1. The summed E-state index contributed by atoms with van der Waals surface area (Å²) in [5, 5.41) is 0. The average Bonchev–Trinajstić information content (AvgIpc) is 3.01. The Bertz CT molecular complexity index is 981. The van der Waals surface area contributed by atoms with Gasteiger partial charge in [0.05, 0.1) is 6.04 Å². The molecule has 0 spiro atoms. The molecule has 0 N–H and O–H groups in total. The van der Waals surface area contributed by atoms with Gasteiger partial charge in [-0.3, -0.25) is 9.78 Å². The lowest BCUT2D eigenvalue weighted by atomic mass is 10.0. The van der Waals surface area contributed by atoms with E-state index in [9.17, 15) is 13.2 Å². The Hall–Kier alpha value is -2.19. The third kappa shape index (κ3) is 4.16. The van der Waals surface area contributed by atoms with E-state index in [1.807, 2.05) is 17.0 Å². The number of sulfonamides is 1. The molecule has 162 valence electrons. The molecular formula is C22H30N4O3S. The highest BCUT2D eigenvalue weighted by Crippen LogP contribution is 2.32. The number of likely N-dealkylation sites (tertiary alicyclic amines) is 1. The third-order valence-electron chi connectivity index (χ3n) is 6.26. The van der Waals surface area contributed by atoms with Crippen LogP contribution < -0.4 is 0 Å².